The molecule has 2 aromatic rings. The van der Waals surface area contributed by atoms with E-state index in [1.807, 2.05) is 0 Å². The predicted molar refractivity (Wildman–Crippen MR) is 91.2 cm³/mol. The van der Waals surface area contributed by atoms with Gasteiger partial charge in [-0.05, 0) is 18.2 Å². The number of aromatic nitrogens is 1. The first-order valence-electron chi connectivity index (χ1n) is 7.46. The van der Waals surface area contributed by atoms with Gasteiger partial charge in [0, 0.05) is 24.0 Å². The van der Waals surface area contributed by atoms with Crippen molar-refractivity contribution < 1.29 is 22.0 Å². The first-order valence-corrected chi connectivity index (χ1v) is 10.2. The van der Waals surface area contributed by atoms with E-state index in [2.05, 4.69) is 10.3 Å². The van der Waals surface area contributed by atoms with E-state index in [1.54, 1.807) is 10.3 Å². The maximum Gasteiger partial charge on any atom is 0.240 e. The second-order valence-electron chi connectivity index (χ2n) is 5.64. The number of amides is 1. The quantitative estimate of drug-likeness (QED) is 0.865. The number of rotatable bonds is 4. The summed E-state index contributed by atoms with van der Waals surface area (Å²) >= 11 is 1.17. The molecule has 25 heavy (non-hydrogen) atoms. The molecule has 1 amide bonds. The van der Waals surface area contributed by atoms with Crippen LogP contribution < -0.4 is 5.32 Å². The molecule has 1 fully saturated rings. The van der Waals surface area contributed by atoms with Gasteiger partial charge in [0.2, 0.25) is 5.91 Å². The number of carbonyl (C=O) groups is 1. The number of hydrogen-bond donors (Lipinski definition) is 1. The maximum atomic E-state index is 13.3. The summed E-state index contributed by atoms with van der Waals surface area (Å²) in [6.07, 6.45) is 0. The molecule has 1 aliphatic rings. The van der Waals surface area contributed by atoms with Gasteiger partial charge < -0.3 is 5.32 Å². The van der Waals surface area contributed by atoms with Crippen LogP contribution in [0.25, 0.3) is 11.3 Å². The van der Waals surface area contributed by atoms with Crippen molar-refractivity contribution in [1.82, 2.24) is 9.88 Å². The van der Waals surface area contributed by atoms with Crippen LogP contribution in [0.5, 0.6) is 0 Å². The lowest BCUT2D eigenvalue weighted by atomic mass is 10.2. The monoisotopic (exact) mass is 387 g/mol. The molecule has 0 atom stereocenters. The minimum atomic E-state index is -2.99. The van der Waals surface area contributed by atoms with E-state index in [4.69, 9.17) is 0 Å². The van der Waals surface area contributed by atoms with E-state index in [1.165, 1.54) is 17.4 Å². The number of halogens is 2. The molecule has 1 aromatic carbocycles. The molecule has 0 aliphatic carbocycles. The number of thiazole rings is 1. The van der Waals surface area contributed by atoms with Gasteiger partial charge in [-0.15, -0.1) is 11.3 Å². The van der Waals surface area contributed by atoms with Gasteiger partial charge >= 0.3 is 0 Å². The van der Waals surface area contributed by atoms with Gasteiger partial charge in [-0.25, -0.2) is 22.2 Å². The fourth-order valence-corrected chi connectivity index (χ4v) is 4.40. The summed E-state index contributed by atoms with van der Waals surface area (Å²) in [5, 5.41) is 4.61. The van der Waals surface area contributed by atoms with Crippen LogP contribution in [-0.4, -0.2) is 55.3 Å². The van der Waals surface area contributed by atoms with Crippen molar-refractivity contribution >= 4 is 32.2 Å². The smallest absolute Gasteiger partial charge is 0.240 e. The molecule has 1 aliphatic heterocycles. The zero-order chi connectivity index (χ0) is 18.0. The molecule has 1 aromatic heterocycles. The van der Waals surface area contributed by atoms with E-state index in [0.717, 1.165) is 12.1 Å². The molecular formula is C15H15F2N3O3S2. The van der Waals surface area contributed by atoms with Crippen LogP contribution >= 0.6 is 11.3 Å². The van der Waals surface area contributed by atoms with E-state index in [0.29, 0.717) is 29.5 Å². The van der Waals surface area contributed by atoms with Crippen molar-refractivity contribution in [3.63, 3.8) is 0 Å². The second-order valence-corrected chi connectivity index (χ2v) is 8.80. The fourth-order valence-electron chi connectivity index (χ4n) is 2.39. The highest BCUT2D eigenvalue weighted by Gasteiger charge is 2.23. The van der Waals surface area contributed by atoms with Crippen LogP contribution in [0.4, 0.5) is 13.9 Å². The molecule has 0 bridgehead atoms. The largest absolute Gasteiger partial charge is 0.301 e. The van der Waals surface area contributed by atoms with Crippen LogP contribution in [0.3, 0.4) is 0 Å². The highest BCUT2D eigenvalue weighted by atomic mass is 32.2. The van der Waals surface area contributed by atoms with Crippen LogP contribution in [0.2, 0.25) is 0 Å². The summed E-state index contributed by atoms with van der Waals surface area (Å²) in [5.41, 5.74) is 0.847. The summed E-state index contributed by atoms with van der Waals surface area (Å²) in [6, 6.07) is 3.48. The Balaban J connectivity index is 1.59. The Hall–Kier alpha value is -1.91. The molecule has 6 nitrogen and oxygen atoms in total. The number of hydrogen-bond acceptors (Lipinski definition) is 6. The zero-order valence-electron chi connectivity index (χ0n) is 13.0. The van der Waals surface area contributed by atoms with Gasteiger partial charge in [-0.2, -0.15) is 0 Å². The number of benzene rings is 1. The van der Waals surface area contributed by atoms with Crippen LogP contribution in [0.1, 0.15) is 0 Å². The van der Waals surface area contributed by atoms with E-state index < -0.39 is 21.5 Å². The fraction of sp³-hybridized carbons (Fsp3) is 0.333. The Kier molecular flexibility index (Phi) is 5.11. The summed E-state index contributed by atoms with van der Waals surface area (Å²) in [7, 11) is -2.99. The van der Waals surface area contributed by atoms with Gasteiger partial charge in [0.15, 0.2) is 26.6 Å². The first kappa shape index (κ1) is 17.9. The molecule has 2 heterocycles. The van der Waals surface area contributed by atoms with Gasteiger partial charge in [0.25, 0.3) is 0 Å². The summed E-state index contributed by atoms with van der Waals surface area (Å²) in [6.45, 7) is 0.733. The lowest BCUT2D eigenvalue weighted by Crippen LogP contribution is -2.43. The van der Waals surface area contributed by atoms with E-state index in [-0.39, 0.29) is 24.0 Å². The highest BCUT2D eigenvalue weighted by Crippen LogP contribution is 2.26. The van der Waals surface area contributed by atoms with Crippen molar-refractivity contribution in [2.24, 2.45) is 0 Å². The molecule has 0 spiro atoms. The number of sulfone groups is 1. The minimum Gasteiger partial charge on any atom is -0.301 e. The second kappa shape index (κ2) is 7.14. The number of carbonyl (C=O) groups excluding carboxylic acids is 1. The van der Waals surface area contributed by atoms with Crippen LogP contribution in [0, 0.1) is 11.6 Å². The SMILES string of the molecule is O=C(CN1CCS(=O)(=O)CC1)Nc1nc(-c2ccc(F)c(F)c2)cs1. The standard InChI is InChI=1S/C15H15F2N3O3S2/c16-11-2-1-10(7-12(11)17)13-9-24-15(18-13)19-14(21)8-20-3-5-25(22,23)6-4-20/h1-2,7,9H,3-6,8H2,(H,18,19,21). The number of nitrogens with zero attached hydrogens (tertiary/aromatic N) is 2. The predicted octanol–water partition coefficient (Wildman–Crippen LogP) is 1.76. The van der Waals surface area contributed by atoms with Gasteiger partial charge in [-0.3, -0.25) is 9.69 Å². The van der Waals surface area contributed by atoms with Crippen molar-refractivity contribution in [3.8, 4) is 11.3 Å². The van der Waals surface area contributed by atoms with Crippen molar-refractivity contribution in [3.05, 3.63) is 35.2 Å². The average Bonchev–Trinajstić information content (AvgIpc) is 3.00. The third-order valence-corrected chi connectivity index (χ3v) is 6.14. The molecule has 10 heteroatoms. The number of anilines is 1. The summed E-state index contributed by atoms with van der Waals surface area (Å²) < 4.78 is 49.0. The molecular weight excluding hydrogens is 372 g/mol. The first-order chi connectivity index (χ1) is 11.8. The van der Waals surface area contributed by atoms with Gasteiger partial charge in [0.05, 0.1) is 23.7 Å². The van der Waals surface area contributed by atoms with Crippen LogP contribution in [0.15, 0.2) is 23.6 Å². The van der Waals surface area contributed by atoms with E-state index in [9.17, 15) is 22.0 Å². The molecule has 3 rings (SSSR count). The van der Waals surface area contributed by atoms with Gasteiger partial charge in [-0.1, -0.05) is 0 Å². The number of nitrogens with one attached hydrogen (secondary N) is 1. The minimum absolute atomic E-state index is 0.0534. The third-order valence-electron chi connectivity index (χ3n) is 3.77. The molecule has 0 saturated carbocycles. The lowest BCUT2D eigenvalue weighted by molar-refractivity contribution is -0.117. The highest BCUT2D eigenvalue weighted by molar-refractivity contribution is 7.91. The Morgan fingerprint density at radius 1 is 1.24 bits per heavy atom. The third kappa shape index (κ3) is 4.59. The Morgan fingerprint density at radius 3 is 2.64 bits per heavy atom. The zero-order valence-corrected chi connectivity index (χ0v) is 14.7. The Bertz CT molecular complexity index is 885. The van der Waals surface area contributed by atoms with Crippen LogP contribution in [-0.2, 0) is 14.6 Å². The van der Waals surface area contributed by atoms with E-state index >= 15 is 0 Å². The van der Waals surface area contributed by atoms with Gasteiger partial charge in [0.1, 0.15) is 0 Å². The maximum absolute atomic E-state index is 13.3. The molecule has 1 saturated heterocycles. The Labute approximate surface area is 147 Å². The average molecular weight is 387 g/mol. The molecule has 1 N–H and O–H groups in total. The van der Waals surface area contributed by atoms with Crippen molar-refractivity contribution in [2.45, 2.75) is 0 Å². The summed E-state index contributed by atoms with van der Waals surface area (Å²) in [4.78, 5) is 18.0. The van der Waals surface area contributed by atoms with Crippen molar-refractivity contribution in [1.29, 1.82) is 0 Å². The topological polar surface area (TPSA) is 79.4 Å². The molecule has 134 valence electrons. The molecule has 0 unspecified atom stereocenters. The normalized spacial score (nSPS) is 17.4. The molecule has 0 radical (unpaired) electrons. The Morgan fingerprint density at radius 2 is 1.96 bits per heavy atom. The summed E-state index contributed by atoms with van der Waals surface area (Å²) in [5.74, 6) is -2.09. The lowest BCUT2D eigenvalue weighted by Gasteiger charge is -2.25. The van der Waals surface area contributed by atoms with Crippen molar-refractivity contribution in [2.75, 3.05) is 36.5 Å².